The average molecular weight is 269 g/mol. The molecule has 0 fully saturated rings. The van der Waals surface area contributed by atoms with Crippen molar-refractivity contribution in [2.24, 2.45) is 0 Å². The highest BCUT2D eigenvalue weighted by Crippen LogP contribution is 2.26. The second-order valence-corrected chi connectivity index (χ2v) is 4.42. The minimum absolute atomic E-state index is 0.0649. The van der Waals surface area contributed by atoms with Crippen molar-refractivity contribution in [1.82, 2.24) is 4.57 Å². The number of para-hydroxylation sites is 1. The number of pyridine rings is 1. The number of aromatic nitrogens is 1. The van der Waals surface area contributed by atoms with E-state index in [9.17, 15) is 14.7 Å². The van der Waals surface area contributed by atoms with E-state index >= 15 is 0 Å². The van der Waals surface area contributed by atoms with Crippen molar-refractivity contribution in [3.05, 3.63) is 70.3 Å². The van der Waals surface area contributed by atoms with Crippen molar-refractivity contribution in [2.45, 2.75) is 6.54 Å². The van der Waals surface area contributed by atoms with Crippen LogP contribution in [0.2, 0.25) is 0 Å². The number of carboxylic acid groups (broad SMARTS) is 1. The molecule has 0 aliphatic carbocycles. The molecule has 0 aliphatic heterocycles. The number of furan rings is 1. The summed E-state index contributed by atoms with van der Waals surface area (Å²) in [6.07, 6.45) is 3.24. The first-order valence-electron chi connectivity index (χ1n) is 6.05. The first-order valence-corrected chi connectivity index (χ1v) is 6.05. The van der Waals surface area contributed by atoms with E-state index < -0.39 is 5.97 Å². The summed E-state index contributed by atoms with van der Waals surface area (Å²) in [7, 11) is 0. The first-order chi connectivity index (χ1) is 9.65. The monoisotopic (exact) mass is 269 g/mol. The molecule has 0 aliphatic rings. The Balaban J connectivity index is 2.13. The topological polar surface area (TPSA) is 72.4 Å². The van der Waals surface area contributed by atoms with Crippen molar-refractivity contribution in [2.75, 3.05) is 0 Å². The molecule has 0 spiro atoms. The fourth-order valence-electron chi connectivity index (χ4n) is 2.16. The molecule has 0 radical (unpaired) electrons. The van der Waals surface area contributed by atoms with Gasteiger partial charge in [0, 0.05) is 35.5 Å². The van der Waals surface area contributed by atoms with Crippen LogP contribution in [0.3, 0.4) is 0 Å². The van der Waals surface area contributed by atoms with Gasteiger partial charge in [0.1, 0.15) is 5.58 Å². The van der Waals surface area contributed by atoms with E-state index in [0.29, 0.717) is 17.7 Å². The van der Waals surface area contributed by atoms with E-state index in [1.54, 1.807) is 29.1 Å². The Bertz CT molecular complexity index is 824. The molecule has 5 nitrogen and oxygen atoms in total. The molecular weight excluding hydrogens is 258 g/mol. The zero-order valence-corrected chi connectivity index (χ0v) is 10.4. The number of fused-ring (bicyclic) bond motifs is 1. The summed E-state index contributed by atoms with van der Waals surface area (Å²) < 4.78 is 7.12. The highest BCUT2D eigenvalue weighted by molar-refractivity contribution is 5.95. The predicted molar refractivity (Wildman–Crippen MR) is 73.0 cm³/mol. The molecule has 0 unspecified atom stereocenters. The number of carbonyl (C=O) groups is 1. The van der Waals surface area contributed by atoms with Crippen molar-refractivity contribution < 1.29 is 14.3 Å². The maximum Gasteiger partial charge on any atom is 0.372 e. The highest BCUT2D eigenvalue weighted by atomic mass is 16.4. The molecule has 2 aromatic heterocycles. The van der Waals surface area contributed by atoms with Crippen LogP contribution in [0.25, 0.3) is 11.0 Å². The van der Waals surface area contributed by atoms with Crippen LogP contribution in [0.1, 0.15) is 16.1 Å². The molecule has 0 bridgehead atoms. The number of nitrogens with zero attached hydrogens (tertiary/aromatic N) is 1. The summed E-state index contributed by atoms with van der Waals surface area (Å²) in [6, 6.07) is 10.0. The van der Waals surface area contributed by atoms with Crippen molar-refractivity contribution in [1.29, 1.82) is 0 Å². The van der Waals surface area contributed by atoms with Gasteiger partial charge in [0.25, 0.3) is 0 Å². The third-order valence-corrected chi connectivity index (χ3v) is 3.09. The van der Waals surface area contributed by atoms with Gasteiger partial charge in [-0.15, -0.1) is 0 Å². The van der Waals surface area contributed by atoms with Crippen LogP contribution >= 0.6 is 0 Å². The molecule has 3 aromatic rings. The van der Waals surface area contributed by atoms with E-state index in [1.807, 2.05) is 12.1 Å². The van der Waals surface area contributed by atoms with E-state index in [4.69, 9.17) is 4.42 Å². The lowest BCUT2D eigenvalue weighted by Crippen LogP contribution is -2.07. The Morgan fingerprint density at radius 2 is 1.85 bits per heavy atom. The lowest BCUT2D eigenvalue weighted by Gasteiger charge is -2.05. The first kappa shape index (κ1) is 12.2. The highest BCUT2D eigenvalue weighted by Gasteiger charge is 2.19. The van der Waals surface area contributed by atoms with Crippen LogP contribution < -0.4 is 5.43 Å². The van der Waals surface area contributed by atoms with Gasteiger partial charge in [-0.25, -0.2) is 4.79 Å². The number of benzene rings is 1. The number of aromatic carboxylic acids is 1. The Hall–Kier alpha value is -2.82. The van der Waals surface area contributed by atoms with Crippen LogP contribution in [-0.4, -0.2) is 15.6 Å². The normalized spacial score (nSPS) is 10.8. The number of hydrogen-bond donors (Lipinski definition) is 1. The maximum absolute atomic E-state index is 11.3. The van der Waals surface area contributed by atoms with Gasteiger partial charge in [-0.3, -0.25) is 4.79 Å². The van der Waals surface area contributed by atoms with Gasteiger partial charge >= 0.3 is 5.97 Å². The lowest BCUT2D eigenvalue weighted by atomic mass is 10.1. The van der Waals surface area contributed by atoms with Crippen molar-refractivity contribution in [3.63, 3.8) is 0 Å². The molecule has 0 saturated heterocycles. The Kier molecular flexibility index (Phi) is 2.87. The quantitative estimate of drug-likeness (QED) is 0.792. The van der Waals surface area contributed by atoms with E-state index in [0.717, 1.165) is 5.39 Å². The summed E-state index contributed by atoms with van der Waals surface area (Å²) in [5.74, 6) is -1.16. The summed E-state index contributed by atoms with van der Waals surface area (Å²) in [5.41, 5.74) is 1.05. The molecule has 0 amide bonds. The summed E-state index contributed by atoms with van der Waals surface area (Å²) in [5, 5.41) is 10.0. The Labute approximate surface area is 113 Å². The molecule has 3 rings (SSSR count). The second-order valence-electron chi connectivity index (χ2n) is 4.42. The van der Waals surface area contributed by atoms with Gasteiger partial charge in [0.05, 0.1) is 6.54 Å². The summed E-state index contributed by atoms with van der Waals surface area (Å²) in [6.45, 7) is 0.332. The van der Waals surface area contributed by atoms with Gasteiger partial charge in [0.2, 0.25) is 5.76 Å². The standard InChI is InChI=1S/C15H11NO4/c17-10-5-7-16(8-6-10)9-12-11-3-1-2-4-13(11)20-14(12)15(18)19/h1-8H,9H2,(H,18,19). The van der Waals surface area contributed by atoms with Gasteiger partial charge < -0.3 is 14.1 Å². The van der Waals surface area contributed by atoms with Gasteiger partial charge in [-0.1, -0.05) is 18.2 Å². The van der Waals surface area contributed by atoms with Crippen LogP contribution in [-0.2, 0) is 6.54 Å². The molecule has 1 N–H and O–H groups in total. The minimum Gasteiger partial charge on any atom is -0.475 e. The zero-order valence-electron chi connectivity index (χ0n) is 10.4. The molecule has 100 valence electrons. The summed E-state index contributed by atoms with van der Waals surface area (Å²) >= 11 is 0. The predicted octanol–water partition coefficient (Wildman–Crippen LogP) is 2.34. The smallest absolute Gasteiger partial charge is 0.372 e. The fraction of sp³-hybridized carbons (Fsp3) is 0.0667. The minimum atomic E-state index is -1.10. The van der Waals surface area contributed by atoms with Gasteiger partial charge in [0.15, 0.2) is 5.43 Å². The summed E-state index contributed by atoms with van der Waals surface area (Å²) in [4.78, 5) is 22.4. The average Bonchev–Trinajstić information content (AvgIpc) is 2.81. The number of carboxylic acids is 1. The fourth-order valence-corrected chi connectivity index (χ4v) is 2.16. The van der Waals surface area contributed by atoms with Crippen molar-refractivity contribution >= 4 is 16.9 Å². The molecule has 2 heterocycles. The second kappa shape index (κ2) is 4.70. The van der Waals surface area contributed by atoms with Crippen LogP contribution in [0.4, 0.5) is 0 Å². The molecule has 5 heteroatoms. The number of hydrogen-bond acceptors (Lipinski definition) is 3. The number of rotatable bonds is 3. The third-order valence-electron chi connectivity index (χ3n) is 3.09. The van der Waals surface area contributed by atoms with E-state index in [1.165, 1.54) is 12.1 Å². The maximum atomic E-state index is 11.3. The van der Waals surface area contributed by atoms with Crippen LogP contribution in [0.5, 0.6) is 0 Å². The van der Waals surface area contributed by atoms with Gasteiger partial charge in [-0.05, 0) is 6.07 Å². The molecule has 0 atom stereocenters. The van der Waals surface area contributed by atoms with Crippen molar-refractivity contribution in [3.8, 4) is 0 Å². The Morgan fingerprint density at radius 1 is 1.15 bits per heavy atom. The molecule has 1 aromatic carbocycles. The zero-order chi connectivity index (χ0) is 14.1. The largest absolute Gasteiger partial charge is 0.475 e. The molecule has 0 saturated carbocycles. The van der Waals surface area contributed by atoms with Crippen LogP contribution in [0, 0.1) is 0 Å². The SMILES string of the molecule is O=C(O)c1oc2ccccc2c1Cn1ccc(=O)cc1. The van der Waals surface area contributed by atoms with Crippen LogP contribution in [0.15, 0.2) is 58.0 Å². The Morgan fingerprint density at radius 3 is 2.55 bits per heavy atom. The lowest BCUT2D eigenvalue weighted by molar-refractivity contribution is 0.0663. The molecular formula is C15H11NO4. The van der Waals surface area contributed by atoms with E-state index in [2.05, 4.69) is 0 Å². The van der Waals surface area contributed by atoms with E-state index in [-0.39, 0.29) is 11.2 Å². The third kappa shape index (κ3) is 2.09. The molecule has 20 heavy (non-hydrogen) atoms. The van der Waals surface area contributed by atoms with Gasteiger partial charge in [-0.2, -0.15) is 0 Å².